The Morgan fingerprint density at radius 1 is 0.879 bits per heavy atom. The summed E-state index contributed by atoms with van der Waals surface area (Å²) in [4.78, 5) is 49.8. The van der Waals surface area contributed by atoms with E-state index in [-0.39, 0.29) is 24.7 Å². The van der Waals surface area contributed by atoms with E-state index >= 15 is 0 Å². The Balaban J connectivity index is 2.21. The van der Waals surface area contributed by atoms with Crippen LogP contribution in [0, 0.1) is 5.92 Å². The zero-order valence-electron chi connectivity index (χ0n) is 19.5. The van der Waals surface area contributed by atoms with Crippen LogP contribution in [-0.4, -0.2) is 48.8 Å². The van der Waals surface area contributed by atoms with Crippen molar-refractivity contribution in [2.24, 2.45) is 11.7 Å². The molecular formula is C24H33N5O4. The molecule has 178 valence electrons. The zero-order valence-corrected chi connectivity index (χ0v) is 19.5. The van der Waals surface area contributed by atoms with E-state index in [1.54, 1.807) is 33.9 Å². The number of nitrogens with two attached hydrogens (primary N) is 1. The van der Waals surface area contributed by atoms with Gasteiger partial charge in [0.05, 0.1) is 6.04 Å². The predicted octanol–water partition coefficient (Wildman–Crippen LogP) is 1.28. The molecule has 9 nitrogen and oxygen atoms in total. The van der Waals surface area contributed by atoms with Crippen LogP contribution in [0.25, 0.3) is 10.8 Å². The molecule has 0 saturated heterocycles. The van der Waals surface area contributed by atoms with Crippen LogP contribution in [0.15, 0.2) is 42.5 Å². The van der Waals surface area contributed by atoms with Gasteiger partial charge in [0.25, 0.3) is 0 Å². The fourth-order valence-corrected chi connectivity index (χ4v) is 3.32. The highest BCUT2D eigenvalue weighted by molar-refractivity contribution is 6.05. The van der Waals surface area contributed by atoms with Crippen LogP contribution in [0.2, 0.25) is 0 Å². The maximum atomic E-state index is 13.1. The van der Waals surface area contributed by atoms with Crippen molar-refractivity contribution >= 4 is 40.1 Å². The molecule has 0 fully saturated rings. The van der Waals surface area contributed by atoms with Crippen LogP contribution in [0.1, 0.15) is 33.6 Å². The van der Waals surface area contributed by atoms with Crippen LogP contribution in [0.5, 0.6) is 0 Å². The van der Waals surface area contributed by atoms with E-state index in [0.717, 1.165) is 10.8 Å². The Hall–Kier alpha value is -3.46. The molecule has 2 rings (SSSR count). The average Bonchev–Trinajstić information content (AvgIpc) is 2.79. The van der Waals surface area contributed by atoms with Crippen molar-refractivity contribution in [2.75, 3.05) is 12.4 Å². The fourth-order valence-electron chi connectivity index (χ4n) is 3.32. The smallest absolute Gasteiger partial charge is 0.246 e. The van der Waals surface area contributed by atoms with Gasteiger partial charge in [0.1, 0.15) is 12.1 Å². The first-order valence-electron chi connectivity index (χ1n) is 11.0. The monoisotopic (exact) mass is 455 g/mol. The first-order chi connectivity index (χ1) is 15.6. The van der Waals surface area contributed by atoms with Gasteiger partial charge in [0.2, 0.25) is 23.6 Å². The third-order valence-corrected chi connectivity index (χ3v) is 5.43. The molecule has 0 bridgehead atoms. The third kappa shape index (κ3) is 7.28. The van der Waals surface area contributed by atoms with Crippen molar-refractivity contribution in [1.82, 2.24) is 16.0 Å². The number of nitrogens with one attached hydrogen (secondary N) is 4. The molecule has 0 aromatic heterocycles. The van der Waals surface area contributed by atoms with Gasteiger partial charge < -0.3 is 27.0 Å². The van der Waals surface area contributed by atoms with Crippen molar-refractivity contribution < 1.29 is 19.2 Å². The number of hydrogen-bond donors (Lipinski definition) is 5. The molecule has 0 heterocycles. The van der Waals surface area contributed by atoms with Crippen LogP contribution >= 0.6 is 0 Å². The number of benzene rings is 2. The number of anilines is 1. The molecule has 0 aliphatic heterocycles. The van der Waals surface area contributed by atoms with Gasteiger partial charge in [-0.2, -0.15) is 0 Å². The summed E-state index contributed by atoms with van der Waals surface area (Å²) in [6, 6.07) is 10.8. The lowest BCUT2D eigenvalue weighted by Crippen LogP contribution is -2.56. The average molecular weight is 456 g/mol. The van der Waals surface area contributed by atoms with Gasteiger partial charge >= 0.3 is 0 Å². The van der Waals surface area contributed by atoms with Gasteiger partial charge in [-0.25, -0.2) is 0 Å². The molecule has 33 heavy (non-hydrogen) atoms. The van der Waals surface area contributed by atoms with E-state index in [1.165, 1.54) is 0 Å². The second-order valence-electron chi connectivity index (χ2n) is 8.32. The Kier molecular flexibility index (Phi) is 9.35. The normalized spacial score (nSPS) is 13.7. The maximum Gasteiger partial charge on any atom is 0.246 e. The number of carbonyl (C=O) groups is 4. The van der Waals surface area contributed by atoms with Crippen molar-refractivity contribution in [2.45, 2.75) is 51.7 Å². The zero-order chi connectivity index (χ0) is 24.5. The van der Waals surface area contributed by atoms with Gasteiger partial charge in [0, 0.05) is 17.5 Å². The number of primary amides is 1. The van der Waals surface area contributed by atoms with Crippen molar-refractivity contribution in [3.8, 4) is 0 Å². The minimum Gasteiger partial charge on any atom is -0.370 e. The van der Waals surface area contributed by atoms with E-state index in [9.17, 15) is 19.2 Å². The molecule has 2 aromatic carbocycles. The number of amides is 4. The lowest BCUT2D eigenvalue weighted by Gasteiger charge is -2.26. The van der Waals surface area contributed by atoms with E-state index in [0.29, 0.717) is 5.69 Å². The molecule has 2 aromatic rings. The molecule has 0 spiro atoms. The molecular weight excluding hydrogens is 422 g/mol. The Morgan fingerprint density at radius 2 is 1.55 bits per heavy atom. The molecule has 9 heteroatoms. The van der Waals surface area contributed by atoms with E-state index in [2.05, 4.69) is 21.3 Å². The van der Waals surface area contributed by atoms with Gasteiger partial charge in [-0.1, -0.05) is 50.2 Å². The van der Waals surface area contributed by atoms with E-state index in [1.807, 2.05) is 36.4 Å². The quantitative estimate of drug-likeness (QED) is 0.347. The van der Waals surface area contributed by atoms with Crippen LogP contribution in [0.3, 0.4) is 0 Å². The minimum absolute atomic E-state index is 0.0311. The van der Waals surface area contributed by atoms with Crippen LogP contribution in [-0.2, 0) is 19.2 Å². The van der Waals surface area contributed by atoms with Crippen LogP contribution in [0.4, 0.5) is 5.69 Å². The van der Waals surface area contributed by atoms with E-state index in [4.69, 9.17) is 5.73 Å². The molecule has 0 radical (unpaired) electrons. The van der Waals surface area contributed by atoms with Crippen molar-refractivity contribution in [3.05, 3.63) is 42.5 Å². The molecule has 0 unspecified atom stereocenters. The minimum atomic E-state index is -1.01. The second kappa shape index (κ2) is 12.0. The highest BCUT2D eigenvalue weighted by atomic mass is 16.2. The standard InChI is InChI=1S/C24H33N5O4/c1-14(2)21(29-22(31)15(3)26-4)24(33)28-19(12-13-20(25)30)23(32)27-18-11-7-9-16-8-5-6-10-17(16)18/h5-11,14-15,19,21,26H,12-13H2,1-4H3,(H2,25,30)(H,27,32)(H,28,33)(H,29,31)/t15-,19-,21-/m0/s1. The summed E-state index contributed by atoms with van der Waals surface area (Å²) in [7, 11) is 1.65. The number of rotatable bonds is 11. The van der Waals surface area contributed by atoms with Gasteiger partial charge in [-0.05, 0) is 37.8 Å². The summed E-state index contributed by atoms with van der Waals surface area (Å²) in [5, 5.41) is 12.9. The summed E-state index contributed by atoms with van der Waals surface area (Å²) in [5.41, 5.74) is 5.86. The highest BCUT2D eigenvalue weighted by Crippen LogP contribution is 2.23. The van der Waals surface area contributed by atoms with Crippen LogP contribution < -0.4 is 27.0 Å². The Morgan fingerprint density at radius 3 is 2.18 bits per heavy atom. The van der Waals surface area contributed by atoms with E-state index < -0.39 is 35.8 Å². The SMILES string of the molecule is CN[C@@H](C)C(=O)N[C@H](C(=O)N[C@@H](CCC(N)=O)C(=O)Nc1cccc2ccccc12)C(C)C. The number of carbonyl (C=O) groups excluding carboxylic acids is 4. The molecule has 0 aliphatic rings. The summed E-state index contributed by atoms with van der Waals surface area (Å²) >= 11 is 0. The lowest BCUT2D eigenvalue weighted by molar-refractivity contribution is -0.132. The van der Waals surface area contributed by atoms with Crippen molar-refractivity contribution in [1.29, 1.82) is 0 Å². The topological polar surface area (TPSA) is 142 Å². The molecule has 6 N–H and O–H groups in total. The molecule has 0 aliphatic carbocycles. The largest absolute Gasteiger partial charge is 0.370 e. The number of fused-ring (bicyclic) bond motifs is 1. The third-order valence-electron chi connectivity index (χ3n) is 5.43. The van der Waals surface area contributed by atoms with Gasteiger partial charge in [-0.3, -0.25) is 19.2 Å². The molecule has 3 atom stereocenters. The highest BCUT2D eigenvalue weighted by Gasteiger charge is 2.30. The van der Waals surface area contributed by atoms with Crippen molar-refractivity contribution in [3.63, 3.8) is 0 Å². The Labute approximate surface area is 193 Å². The number of hydrogen-bond acceptors (Lipinski definition) is 5. The van der Waals surface area contributed by atoms with Gasteiger partial charge in [-0.15, -0.1) is 0 Å². The summed E-state index contributed by atoms with van der Waals surface area (Å²) in [5.74, 6) is -2.12. The Bertz CT molecular complexity index is 1000. The van der Waals surface area contributed by atoms with Gasteiger partial charge in [0.15, 0.2) is 0 Å². The second-order valence-corrected chi connectivity index (χ2v) is 8.32. The maximum absolute atomic E-state index is 13.1. The molecule has 4 amide bonds. The summed E-state index contributed by atoms with van der Waals surface area (Å²) in [6.07, 6.45) is -0.0489. The first kappa shape index (κ1) is 25.8. The molecule has 0 saturated carbocycles. The lowest BCUT2D eigenvalue weighted by atomic mass is 10.0. The summed E-state index contributed by atoms with van der Waals surface area (Å²) in [6.45, 7) is 5.27. The summed E-state index contributed by atoms with van der Waals surface area (Å²) < 4.78 is 0. The number of likely N-dealkylation sites (N-methyl/N-ethyl adjacent to an activating group) is 1. The fraction of sp³-hybridized carbons (Fsp3) is 0.417. The first-order valence-corrected chi connectivity index (χ1v) is 11.0. The predicted molar refractivity (Wildman–Crippen MR) is 128 cm³/mol.